The van der Waals surface area contributed by atoms with E-state index < -0.39 is 0 Å². The molecule has 5 heteroatoms. The number of amides is 1. The first-order valence-corrected chi connectivity index (χ1v) is 6.85. The van der Waals surface area contributed by atoms with Crippen molar-refractivity contribution in [2.24, 2.45) is 0 Å². The van der Waals surface area contributed by atoms with Crippen LogP contribution in [0, 0.1) is 6.92 Å². The van der Waals surface area contributed by atoms with Crippen LogP contribution in [0.2, 0.25) is 0 Å². The van der Waals surface area contributed by atoms with Crippen LogP contribution >= 0.6 is 11.3 Å². The lowest BCUT2D eigenvalue weighted by Crippen LogP contribution is -2.33. The molecular formula is C12H19N3OS. The smallest absolute Gasteiger partial charge is 0.261 e. The first-order chi connectivity index (χ1) is 8.16. The average molecular weight is 253 g/mol. The summed E-state index contributed by atoms with van der Waals surface area (Å²) in [5, 5.41) is 2.94. The maximum absolute atomic E-state index is 11.8. The highest BCUT2D eigenvalue weighted by Gasteiger charge is 2.13. The van der Waals surface area contributed by atoms with Crippen molar-refractivity contribution in [2.45, 2.75) is 19.8 Å². The molecule has 0 bridgehead atoms. The van der Waals surface area contributed by atoms with E-state index in [1.54, 1.807) is 6.07 Å². The van der Waals surface area contributed by atoms with Gasteiger partial charge in [0.15, 0.2) is 0 Å². The maximum Gasteiger partial charge on any atom is 0.261 e. The van der Waals surface area contributed by atoms with E-state index in [0.717, 1.165) is 18.0 Å². The van der Waals surface area contributed by atoms with E-state index in [4.69, 9.17) is 5.73 Å². The fraction of sp³-hybridized carbons (Fsp3) is 0.583. The second-order valence-corrected chi connectivity index (χ2v) is 5.68. The van der Waals surface area contributed by atoms with Gasteiger partial charge in [0.1, 0.15) is 0 Å². The van der Waals surface area contributed by atoms with Gasteiger partial charge in [-0.1, -0.05) is 0 Å². The molecule has 0 spiro atoms. The number of nitrogen functional groups attached to an aromatic ring is 1. The largest absolute Gasteiger partial charge is 0.398 e. The first kappa shape index (κ1) is 12.4. The summed E-state index contributed by atoms with van der Waals surface area (Å²) < 4.78 is 0. The maximum atomic E-state index is 11.8. The molecule has 0 unspecified atom stereocenters. The Bertz CT molecular complexity index is 377. The van der Waals surface area contributed by atoms with Crippen LogP contribution in [0.5, 0.6) is 0 Å². The van der Waals surface area contributed by atoms with Crippen LogP contribution < -0.4 is 11.1 Å². The van der Waals surface area contributed by atoms with Gasteiger partial charge in [0.05, 0.1) is 4.88 Å². The first-order valence-electron chi connectivity index (χ1n) is 6.03. The molecule has 2 heterocycles. The van der Waals surface area contributed by atoms with E-state index in [9.17, 15) is 4.79 Å². The van der Waals surface area contributed by atoms with Crippen LogP contribution in [0.1, 0.15) is 27.4 Å². The van der Waals surface area contributed by atoms with Gasteiger partial charge in [-0.05, 0) is 38.9 Å². The molecular weight excluding hydrogens is 234 g/mol. The number of aryl methyl sites for hydroxylation is 1. The summed E-state index contributed by atoms with van der Waals surface area (Å²) in [5.74, 6) is -0.00556. The lowest BCUT2D eigenvalue weighted by Gasteiger charge is -2.14. The van der Waals surface area contributed by atoms with Gasteiger partial charge in [-0.2, -0.15) is 0 Å². The molecule has 17 heavy (non-hydrogen) atoms. The van der Waals surface area contributed by atoms with Gasteiger partial charge < -0.3 is 16.0 Å². The van der Waals surface area contributed by atoms with Crippen LogP contribution in [-0.2, 0) is 0 Å². The van der Waals surface area contributed by atoms with Crippen LogP contribution in [0.4, 0.5) is 5.69 Å². The topological polar surface area (TPSA) is 58.4 Å². The quantitative estimate of drug-likeness (QED) is 0.854. The minimum absolute atomic E-state index is 0.00556. The molecule has 1 aliphatic heterocycles. The number of nitrogens with two attached hydrogens (primary N) is 1. The number of hydrogen-bond acceptors (Lipinski definition) is 4. The van der Waals surface area contributed by atoms with Gasteiger partial charge in [0.25, 0.3) is 5.91 Å². The molecule has 1 fully saturated rings. The van der Waals surface area contributed by atoms with Gasteiger partial charge in [0.2, 0.25) is 0 Å². The standard InChI is InChI=1S/C12H19N3OS/c1-9-10(13)8-11(17-9)12(16)14-4-7-15-5-2-3-6-15/h8H,2-7,13H2,1H3,(H,14,16). The fourth-order valence-electron chi connectivity index (χ4n) is 2.03. The monoisotopic (exact) mass is 253 g/mol. The third-order valence-electron chi connectivity index (χ3n) is 3.09. The molecule has 0 aliphatic carbocycles. The number of carbonyl (C=O) groups is 1. The van der Waals surface area contributed by atoms with Crippen molar-refractivity contribution in [3.05, 3.63) is 15.8 Å². The van der Waals surface area contributed by atoms with Crippen molar-refractivity contribution >= 4 is 22.9 Å². The molecule has 3 N–H and O–H groups in total. The molecule has 1 aliphatic rings. The average Bonchev–Trinajstić information content (AvgIpc) is 2.90. The van der Waals surface area contributed by atoms with Gasteiger partial charge in [-0.3, -0.25) is 4.79 Å². The molecule has 0 atom stereocenters. The molecule has 4 nitrogen and oxygen atoms in total. The van der Waals surface area contributed by atoms with Crippen molar-refractivity contribution in [3.8, 4) is 0 Å². The highest BCUT2D eigenvalue weighted by Crippen LogP contribution is 2.22. The zero-order valence-electron chi connectivity index (χ0n) is 10.2. The van der Waals surface area contributed by atoms with E-state index >= 15 is 0 Å². The number of carbonyl (C=O) groups excluding carboxylic acids is 1. The summed E-state index contributed by atoms with van der Waals surface area (Å²) in [6.45, 7) is 5.93. The third kappa shape index (κ3) is 3.20. The van der Waals surface area contributed by atoms with Gasteiger partial charge in [-0.15, -0.1) is 11.3 Å². The predicted octanol–water partition coefficient (Wildman–Crippen LogP) is 1.46. The Morgan fingerprint density at radius 3 is 2.82 bits per heavy atom. The van der Waals surface area contributed by atoms with Gasteiger partial charge in [0, 0.05) is 23.7 Å². The molecule has 1 aromatic heterocycles. The van der Waals surface area contributed by atoms with E-state index in [2.05, 4.69) is 10.2 Å². The fourth-order valence-corrected chi connectivity index (χ4v) is 2.89. The normalized spacial score (nSPS) is 16.3. The van der Waals surface area contributed by atoms with E-state index in [-0.39, 0.29) is 5.91 Å². The minimum Gasteiger partial charge on any atom is -0.398 e. The highest BCUT2D eigenvalue weighted by molar-refractivity contribution is 7.14. The van der Waals surface area contributed by atoms with Gasteiger partial charge in [-0.25, -0.2) is 0 Å². The zero-order valence-corrected chi connectivity index (χ0v) is 11.0. The number of rotatable bonds is 4. The number of nitrogens with zero attached hydrogens (tertiary/aromatic N) is 1. The number of hydrogen-bond donors (Lipinski definition) is 2. The van der Waals surface area contributed by atoms with Crippen LogP contribution in [0.25, 0.3) is 0 Å². The van der Waals surface area contributed by atoms with E-state index in [1.165, 1.54) is 37.3 Å². The van der Waals surface area contributed by atoms with Crippen molar-refractivity contribution in [2.75, 3.05) is 31.9 Å². The summed E-state index contributed by atoms with van der Waals surface area (Å²) in [6, 6.07) is 1.76. The number of nitrogens with one attached hydrogen (secondary N) is 1. The highest BCUT2D eigenvalue weighted by atomic mass is 32.1. The second-order valence-electron chi connectivity index (χ2n) is 4.43. The van der Waals surface area contributed by atoms with Crippen molar-refractivity contribution in [1.82, 2.24) is 10.2 Å². The minimum atomic E-state index is -0.00556. The molecule has 1 amide bonds. The summed E-state index contributed by atoms with van der Waals surface area (Å²) in [6.07, 6.45) is 2.57. The Morgan fingerprint density at radius 2 is 2.24 bits per heavy atom. The Hall–Kier alpha value is -1.07. The molecule has 0 radical (unpaired) electrons. The van der Waals surface area contributed by atoms with Gasteiger partial charge >= 0.3 is 0 Å². The van der Waals surface area contributed by atoms with Crippen molar-refractivity contribution in [1.29, 1.82) is 0 Å². The summed E-state index contributed by atoms with van der Waals surface area (Å²) in [4.78, 5) is 15.9. The Balaban J connectivity index is 1.76. The molecule has 1 saturated heterocycles. The van der Waals surface area contributed by atoms with Crippen molar-refractivity contribution in [3.63, 3.8) is 0 Å². The van der Waals surface area contributed by atoms with Crippen LogP contribution in [-0.4, -0.2) is 37.0 Å². The summed E-state index contributed by atoms with van der Waals surface area (Å²) in [5.41, 5.74) is 6.44. The summed E-state index contributed by atoms with van der Waals surface area (Å²) >= 11 is 1.45. The van der Waals surface area contributed by atoms with E-state index in [1.807, 2.05) is 6.92 Å². The van der Waals surface area contributed by atoms with E-state index in [0.29, 0.717) is 10.6 Å². The Kier molecular flexibility index (Phi) is 4.02. The number of likely N-dealkylation sites (tertiary alicyclic amines) is 1. The molecule has 94 valence electrons. The lowest BCUT2D eigenvalue weighted by atomic mass is 10.3. The van der Waals surface area contributed by atoms with Crippen LogP contribution in [0.15, 0.2) is 6.07 Å². The molecule has 0 saturated carbocycles. The molecule has 2 rings (SSSR count). The number of thiophene rings is 1. The Labute approximate surface area is 106 Å². The lowest BCUT2D eigenvalue weighted by molar-refractivity contribution is 0.0954. The number of anilines is 1. The van der Waals surface area contributed by atoms with Crippen LogP contribution in [0.3, 0.4) is 0 Å². The zero-order chi connectivity index (χ0) is 12.3. The SMILES string of the molecule is Cc1sc(C(=O)NCCN2CCCC2)cc1N. The second kappa shape index (κ2) is 5.51. The molecule has 0 aromatic carbocycles. The third-order valence-corrected chi connectivity index (χ3v) is 4.16. The van der Waals surface area contributed by atoms with Crippen molar-refractivity contribution < 1.29 is 4.79 Å². The Morgan fingerprint density at radius 1 is 1.53 bits per heavy atom. The summed E-state index contributed by atoms with van der Waals surface area (Å²) in [7, 11) is 0. The predicted molar refractivity (Wildman–Crippen MR) is 71.5 cm³/mol. The molecule has 1 aromatic rings.